The molecule has 4 nitrogen and oxygen atoms in total. The Balaban J connectivity index is 2.35. The fraction of sp³-hybridized carbons (Fsp3) is 0.588. The summed E-state index contributed by atoms with van der Waals surface area (Å²) in [5, 5.41) is 5.74. The van der Waals surface area contributed by atoms with E-state index in [-0.39, 0.29) is 11.4 Å². The standard InChI is InChI=1S/C17H29N3O/c1-6-20(5)13-7-12-18-16(21)19-15-10-8-14(9-11-15)17(2,3)4/h8-11H,6-7,12-13H2,1-5H3,(H2,18,19,21). The quantitative estimate of drug-likeness (QED) is 0.789. The molecule has 2 N–H and O–H groups in total. The van der Waals surface area contributed by atoms with Crippen molar-refractivity contribution >= 4 is 11.7 Å². The van der Waals surface area contributed by atoms with E-state index in [4.69, 9.17) is 0 Å². The number of anilines is 1. The van der Waals surface area contributed by atoms with Crippen molar-refractivity contribution in [2.45, 2.75) is 39.5 Å². The second-order valence-corrected chi connectivity index (χ2v) is 6.46. The summed E-state index contributed by atoms with van der Waals surface area (Å²) in [6, 6.07) is 7.88. The lowest BCUT2D eigenvalue weighted by Crippen LogP contribution is -2.31. The Morgan fingerprint density at radius 3 is 2.33 bits per heavy atom. The van der Waals surface area contributed by atoms with Crippen LogP contribution in [0.2, 0.25) is 0 Å². The summed E-state index contributed by atoms with van der Waals surface area (Å²) in [7, 11) is 2.08. The highest BCUT2D eigenvalue weighted by Gasteiger charge is 2.13. The van der Waals surface area contributed by atoms with Crippen molar-refractivity contribution < 1.29 is 4.79 Å². The maximum Gasteiger partial charge on any atom is 0.319 e. The molecule has 0 fully saturated rings. The largest absolute Gasteiger partial charge is 0.338 e. The van der Waals surface area contributed by atoms with Gasteiger partial charge in [0.1, 0.15) is 0 Å². The maximum absolute atomic E-state index is 11.8. The van der Waals surface area contributed by atoms with Crippen molar-refractivity contribution in [3.63, 3.8) is 0 Å². The van der Waals surface area contributed by atoms with Crippen LogP contribution < -0.4 is 10.6 Å². The molecule has 0 aliphatic carbocycles. The van der Waals surface area contributed by atoms with Gasteiger partial charge in [-0.05, 0) is 49.7 Å². The summed E-state index contributed by atoms with van der Waals surface area (Å²) in [4.78, 5) is 14.0. The molecular weight excluding hydrogens is 262 g/mol. The van der Waals surface area contributed by atoms with Gasteiger partial charge in [-0.2, -0.15) is 0 Å². The summed E-state index contributed by atoms with van der Waals surface area (Å²) >= 11 is 0. The molecule has 0 heterocycles. The summed E-state index contributed by atoms with van der Waals surface area (Å²) in [5.74, 6) is 0. The molecule has 0 saturated carbocycles. The number of hydrogen-bond acceptors (Lipinski definition) is 2. The Morgan fingerprint density at radius 1 is 1.19 bits per heavy atom. The molecule has 1 rings (SSSR count). The molecule has 21 heavy (non-hydrogen) atoms. The summed E-state index contributed by atoms with van der Waals surface area (Å²) < 4.78 is 0. The first-order valence-electron chi connectivity index (χ1n) is 7.67. The monoisotopic (exact) mass is 291 g/mol. The van der Waals surface area contributed by atoms with E-state index in [1.54, 1.807) is 0 Å². The molecule has 0 radical (unpaired) electrons. The van der Waals surface area contributed by atoms with Gasteiger partial charge in [-0.25, -0.2) is 4.79 Å². The van der Waals surface area contributed by atoms with Gasteiger partial charge < -0.3 is 15.5 Å². The molecule has 0 saturated heterocycles. The highest BCUT2D eigenvalue weighted by molar-refractivity contribution is 5.89. The van der Waals surface area contributed by atoms with Crippen LogP contribution >= 0.6 is 0 Å². The number of nitrogens with zero attached hydrogens (tertiary/aromatic N) is 1. The van der Waals surface area contributed by atoms with Crippen LogP contribution in [0.3, 0.4) is 0 Å². The van der Waals surface area contributed by atoms with Crippen molar-refractivity contribution in [1.82, 2.24) is 10.2 Å². The van der Waals surface area contributed by atoms with Gasteiger partial charge >= 0.3 is 6.03 Å². The molecule has 118 valence electrons. The minimum atomic E-state index is -0.141. The molecule has 1 aromatic carbocycles. The Hall–Kier alpha value is -1.55. The van der Waals surface area contributed by atoms with Crippen molar-refractivity contribution in [3.8, 4) is 0 Å². The highest BCUT2D eigenvalue weighted by Crippen LogP contribution is 2.23. The molecule has 0 aliphatic heterocycles. The van der Waals surface area contributed by atoms with Crippen LogP contribution in [0.5, 0.6) is 0 Å². The normalized spacial score (nSPS) is 11.5. The molecule has 0 unspecified atom stereocenters. The summed E-state index contributed by atoms with van der Waals surface area (Å²) in [6.45, 7) is 11.4. The van der Waals surface area contributed by atoms with Crippen LogP contribution in [0, 0.1) is 0 Å². The van der Waals surface area contributed by atoms with E-state index in [1.165, 1.54) is 5.56 Å². The lowest BCUT2D eigenvalue weighted by molar-refractivity contribution is 0.251. The second-order valence-electron chi connectivity index (χ2n) is 6.46. The first kappa shape index (κ1) is 17.5. The Bertz CT molecular complexity index is 434. The van der Waals surface area contributed by atoms with Crippen molar-refractivity contribution in [1.29, 1.82) is 0 Å². The van der Waals surface area contributed by atoms with E-state index in [9.17, 15) is 4.79 Å². The Morgan fingerprint density at radius 2 is 1.81 bits per heavy atom. The van der Waals surface area contributed by atoms with Crippen molar-refractivity contribution in [2.24, 2.45) is 0 Å². The molecule has 4 heteroatoms. The number of rotatable bonds is 6. The summed E-state index contributed by atoms with van der Waals surface area (Å²) in [6.07, 6.45) is 0.959. The number of benzene rings is 1. The van der Waals surface area contributed by atoms with Gasteiger partial charge in [0.05, 0.1) is 0 Å². The molecule has 0 aliphatic rings. The van der Waals surface area contributed by atoms with Gasteiger partial charge in [0.15, 0.2) is 0 Å². The molecule has 0 aromatic heterocycles. The fourth-order valence-corrected chi connectivity index (χ4v) is 1.94. The molecule has 2 amide bonds. The number of urea groups is 1. The van der Waals surface area contributed by atoms with Crippen LogP contribution in [-0.4, -0.2) is 37.6 Å². The van der Waals surface area contributed by atoms with Crippen LogP contribution in [-0.2, 0) is 5.41 Å². The van der Waals surface area contributed by atoms with Crippen molar-refractivity contribution in [3.05, 3.63) is 29.8 Å². The second kappa shape index (κ2) is 8.03. The Kier molecular flexibility index (Phi) is 6.69. The topological polar surface area (TPSA) is 44.4 Å². The van der Waals surface area contributed by atoms with E-state index < -0.39 is 0 Å². The number of hydrogen-bond donors (Lipinski definition) is 2. The molecule has 0 spiro atoms. The lowest BCUT2D eigenvalue weighted by atomic mass is 9.87. The van der Waals surface area contributed by atoms with Crippen LogP contribution in [0.1, 0.15) is 39.7 Å². The predicted octanol–water partition coefficient (Wildman–Crippen LogP) is 3.45. The number of carbonyl (C=O) groups is 1. The predicted molar refractivity (Wildman–Crippen MR) is 90.0 cm³/mol. The minimum Gasteiger partial charge on any atom is -0.338 e. The van der Waals surface area contributed by atoms with E-state index in [2.05, 4.69) is 62.4 Å². The average molecular weight is 291 g/mol. The molecular formula is C17H29N3O. The van der Waals surface area contributed by atoms with E-state index in [0.29, 0.717) is 6.54 Å². The zero-order chi connectivity index (χ0) is 15.9. The minimum absolute atomic E-state index is 0.131. The lowest BCUT2D eigenvalue weighted by Gasteiger charge is -2.19. The van der Waals surface area contributed by atoms with Gasteiger partial charge in [-0.15, -0.1) is 0 Å². The van der Waals surface area contributed by atoms with E-state index >= 15 is 0 Å². The van der Waals surface area contributed by atoms with Crippen LogP contribution in [0.15, 0.2) is 24.3 Å². The third-order valence-electron chi connectivity index (χ3n) is 3.55. The smallest absolute Gasteiger partial charge is 0.319 e. The summed E-state index contributed by atoms with van der Waals surface area (Å²) in [5.41, 5.74) is 2.22. The first-order chi connectivity index (χ1) is 9.82. The maximum atomic E-state index is 11.8. The van der Waals surface area contributed by atoms with Crippen molar-refractivity contribution in [2.75, 3.05) is 32.0 Å². The van der Waals surface area contributed by atoms with Gasteiger partial charge in [-0.3, -0.25) is 0 Å². The van der Waals surface area contributed by atoms with Gasteiger partial charge in [0, 0.05) is 12.2 Å². The number of amides is 2. The molecule has 0 bridgehead atoms. The van der Waals surface area contributed by atoms with Crippen LogP contribution in [0.4, 0.5) is 10.5 Å². The van der Waals surface area contributed by atoms with Gasteiger partial charge in [0.2, 0.25) is 0 Å². The van der Waals surface area contributed by atoms with Crippen LogP contribution in [0.25, 0.3) is 0 Å². The SMILES string of the molecule is CCN(C)CCCNC(=O)Nc1ccc(C(C)(C)C)cc1. The van der Waals surface area contributed by atoms with E-state index in [0.717, 1.165) is 25.2 Å². The molecule has 1 aromatic rings. The average Bonchev–Trinajstić information content (AvgIpc) is 2.43. The number of carbonyl (C=O) groups excluding carboxylic acids is 1. The third-order valence-corrected chi connectivity index (χ3v) is 3.55. The zero-order valence-electron chi connectivity index (χ0n) is 14.0. The highest BCUT2D eigenvalue weighted by atomic mass is 16.2. The molecule has 0 atom stereocenters. The first-order valence-corrected chi connectivity index (χ1v) is 7.67. The zero-order valence-corrected chi connectivity index (χ0v) is 14.0. The third kappa shape index (κ3) is 6.63. The number of nitrogens with one attached hydrogen (secondary N) is 2. The fourth-order valence-electron chi connectivity index (χ4n) is 1.94. The van der Waals surface area contributed by atoms with E-state index in [1.807, 2.05) is 12.1 Å². The van der Waals surface area contributed by atoms with Gasteiger partial charge in [0.25, 0.3) is 0 Å². The Labute approximate surface area is 128 Å². The van der Waals surface area contributed by atoms with Gasteiger partial charge in [-0.1, -0.05) is 39.8 Å².